The normalized spacial score (nSPS) is 15.4. The second-order valence-electron chi connectivity index (χ2n) is 4.89. The fourth-order valence-corrected chi connectivity index (χ4v) is 2.55. The fraction of sp³-hybridized carbons (Fsp3) is 0.467. The van der Waals surface area contributed by atoms with Crippen molar-refractivity contribution in [3.05, 3.63) is 29.8 Å². The summed E-state index contributed by atoms with van der Waals surface area (Å²) in [6.07, 6.45) is 1.97. The molecular formula is C15H20N4O. The van der Waals surface area contributed by atoms with Gasteiger partial charge in [0.05, 0.1) is 11.6 Å². The van der Waals surface area contributed by atoms with Gasteiger partial charge in [-0.15, -0.1) is 0 Å². The molecule has 5 nitrogen and oxygen atoms in total. The van der Waals surface area contributed by atoms with Crippen LogP contribution < -0.4 is 10.6 Å². The zero-order valence-electron chi connectivity index (χ0n) is 11.7. The number of anilines is 1. The van der Waals surface area contributed by atoms with E-state index >= 15 is 0 Å². The molecule has 0 radical (unpaired) electrons. The minimum atomic E-state index is -0.0884. The number of benzene rings is 1. The van der Waals surface area contributed by atoms with Crippen LogP contribution in [0.4, 0.5) is 10.5 Å². The summed E-state index contributed by atoms with van der Waals surface area (Å²) in [4.78, 5) is 14.2. The summed E-state index contributed by atoms with van der Waals surface area (Å²) in [5.41, 5.74) is 1.22. The molecular weight excluding hydrogens is 252 g/mol. The lowest BCUT2D eigenvalue weighted by molar-refractivity contribution is 0.175. The van der Waals surface area contributed by atoms with Crippen molar-refractivity contribution in [3.63, 3.8) is 0 Å². The first kappa shape index (κ1) is 14.4. The van der Waals surface area contributed by atoms with Gasteiger partial charge in [0, 0.05) is 18.3 Å². The molecule has 0 atom stereocenters. The van der Waals surface area contributed by atoms with Crippen LogP contribution >= 0.6 is 0 Å². The molecule has 2 rings (SSSR count). The SMILES string of the molecule is CCN(C(=O)Nc1cccc(C#N)c1)C1CCNCC1. The maximum absolute atomic E-state index is 12.4. The molecule has 2 amide bonds. The van der Waals surface area contributed by atoms with E-state index in [-0.39, 0.29) is 6.03 Å². The fourth-order valence-electron chi connectivity index (χ4n) is 2.55. The van der Waals surface area contributed by atoms with Gasteiger partial charge in [0.2, 0.25) is 0 Å². The van der Waals surface area contributed by atoms with Gasteiger partial charge in [-0.3, -0.25) is 0 Å². The van der Waals surface area contributed by atoms with Gasteiger partial charge in [-0.05, 0) is 51.1 Å². The summed E-state index contributed by atoms with van der Waals surface area (Å²) in [5.74, 6) is 0. The number of amides is 2. The van der Waals surface area contributed by atoms with Crippen molar-refractivity contribution in [1.82, 2.24) is 10.2 Å². The van der Waals surface area contributed by atoms with Gasteiger partial charge in [0.25, 0.3) is 0 Å². The topological polar surface area (TPSA) is 68.2 Å². The van der Waals surface area contributed by atoms with Crippen molar-refractivity contribution in [2.45, 2.75) is 25.8 Å². The van der Waals surface area contributed by atoms with Crippen molar-refractivity contribution in [3.8, 4) is 6.07 Å². The standard InChI is InChI=1S/C15H20N4O/c1-2-19(14-6-8-17-9-7-14)15(20)18-13-5-3-4-12(10-13)11-16/h3-5,10,14,17H,2,6-9H2,1H3,(H,18,20). The van der Waals surface area contributed by atoms with E-state index < -0.39 is 0 Å². The Morgan fingerprint density at radius 3 is 2.90 bits per heavy atom. The highest BCUT2D eigenvalue weighted by Gasteiger charge is 2.23. The minimum Gasteiger partial charge on any atom is -0.322 e. The minimum absolute atomic E-state index is 0.0884. The van der Waals surface area contributed by atoms with Crippen LogP contribution in [0.25, 0.3) is 0 Å². The van der Waals surface area contributed by atoms with Gasteiger partial charge in [-0.25, -0.2) is 4.79 Å². The van der Waals surface area contributed by atoms with E-state index in [1.54, 1.807) is 24.3 Å². The molecule has 0 spiro atoms. The number of carbonyl (C=O) groups is 1. The van der Waals surface area contributed by atoms with Gasteiger partial charge < -0.3 is 15.5 Å². The average Bonchev–Trinajstić information content (AvgIpc) is 2.49. The highest BCUT2D eigenvalue weighted by atomic mass is 16.2. The molecule has 1 aliphatic rings. The second-order valence-corrected chi connectivity index (χ2v) is 4.89. The largest absolute Gasteiger partial charge is 0.322 e. The summed E-state index contributed by atoms with van der Waals surface area (Å²) >= 11 is 0. The van der Waals surface area contributed by atoms with E-state index in [0.717, 1.165) is 25.9 Å². The maximum atomic E-state index is 12.4. The summed E-state index contributed by atoms with van der Waals surface area (Å²) in [7, 11) is 0. The molecule has 1 aromatic carbocycles. The average molecular weight is 272 g/mol. The first-order valence-electron chi connectivity index (χ1n) is 7.03. The Hall–Kier alpha value is -2.06. The smallest absolute Gasteiger partial charge is 0.322 e. The zero-order valence-corrected chi connectivity index (χ0v) is 11.7. The molecule has 1 aliphatic heterocycles. The molecule has 20 heavy (non-hydrogen) atoms. The summed E-state index contributed by atoms with van der Waals surface area (Å²) in [6.45, 7) is 4.60. The Bertz CT molecular complexity index is 503. The van der Waals surface area contributed by atoms with E-state index in [4.69, 9.17) is 5.26 Å². The predicted molar refractivity (Wildman–Crippen MR) is 78.4 cm³/mol. The lowest BCUT2D eigenvalue weighted by Gasteiger charge is -2.33. The van der Waals surface area contributed by atoms with Crippen LogP contribution in [0.5, 0.6) is 0 Å². The van der Waals surface area contributed by atoms with Crippen LogP contribution in [0.15, 0.2) is 24.3 Å². The van der Waals surface area contributed by atoms with Crippen molar-refractivity contribution < 1.29 is 4.79 Å². The van der Waals surface area contributed by atoms with Gasteiger partial charge in [0.15, 0.2) is 0 Å². The summed E-state index contributed by atoms with van der Waals surface area (Å²) < 4.78 is 0. The second kappa shape index (κ2) is 6.92. The first-order valence-corrected chi connectivity index (χ1v) is 7.03. The van der Waals surface area contributed by atoms with E-state index in [9.17, 15) is 4.79 Å². The number of nitriles is 1. The highest BCUT2D eigenvalue weighted by molar-refractivity contribution is 5.89. The Morgan fingerprint density at radius 2 is 2.25 bits per heavy atom. The van der Waals surface area contributed by atoms with E-state index in [1.807, 2.05) is 11.8 Å². The van der Waals surface area contributed by atoms with Crippen LogP contribution in [-0.4, -0.2) is 36.6 Å². The third kappa shape index (κ3) is 3.49. The lowest BCUT2D eigenvalue weighted by Crippen LogP contribution is -2.47. The Kier molecular flexibility index (Phi) is 4.97. The number of hydrogen-bond acceptors (Lipinski definition) is 3. The van der Waals surface area contributed by atoms with Gasteiger partial charge in [-0.2, -0.15) is 5.26 Å². The number of piperidine rings is 1. The number of hydrogen-bond donors (Lipinski definition) is 2. The number of urea groups is 1. The molecule has 1 aromatic rings. The van der Waals surface area contributed by atoms with Crippen LogP contribution in [0, 0.1) is 11.3 Å². The van der Waals surface area contributed by atoms with Gasteiger partial charge in [0.1, 0.15) is 0 Å². The third-order valence-corrected chi connectivity index (χ3v) is 3.59. The maximum Gasteiger partial charge on any atom is 0.322 e. The van der Waals surface area contributed by atoms with Gasteiger partial charge in [-0.1, -0.05) is 6.07 Å². The van der Waals surface area contributed by atoms with E-state index in [1.165, 1.54) is 0 Å². The van der Waals surface area contributed by atoms with Gasteiger partial charge >= 0.3 is 6.03 Å². The first-order chi connectivity index (χ1) is 9.74. The molecule has 1 heterocycles. The van der Waals surface area contributed by atoms with Crippen LogP contribution in [0.3, 0.4) is 0 Å². The molecule has 0 bridgehead atoms. The molecule has 2 N–H and O–H groups in total. The van der Waals surface area contributed by atoms with E-state index in [0.29, 0.717) is 23.8 Å². The van der Waals surface area contributed by atoms with Crippen LogP contribution in [0.2, 0.25) is 0 Å². The lowest BCUT2D eigenvalue weighted by atomic mass is 10.1. The summed E-state index contributed by atoms with van der Waals surface area (Å²) in [6, 6.07) is 9.26. The predicted octanol–water partition coefficient (Wildman–Crippen LogP) is 2.16. The molecule has 5 heteroatoms. The zero-order chi connectivity index (χ0) is 14.4. The Balaban J connectivity index is 2.03. The molecule has 0 unspecified atom stereocenters. The van der Waals surface area contributed by atoms with E-state index in [2.05, 4.69) is 16.7 Å². The van der Waals surface area contributed by atoms with Crippen molar-refractivity contribution >= 4 is 11.7 Å². The molecule has 1 fully saturated rings. The quantitative estimate of drug-likeness (QED) is 0.886. The number of carbonyl (C=O) groups excluding carboxylic acids is 1. The number of nitrogens with one attached hydrogen (secondary N) is 2. The van der Waals surface area contributed by atoms with Crippen molar-refractivity contribution in [2.24, 2.45) is 0 Å². The number of rotatable bonds is 3. The van der Waals surface area contributed by atoms with Crippen molar-refractivity contribution in [1.29, 1.82) is 5.26 Å². The summed E-state index contributed by atoms with van der Waals surface area (Å²) in [5, 5.41) is 15.1. The Labute approximate surface area is 119 Å². The van der Waals surface area contributed by atoms with Crippen molar-refractivity contribution in [2.75, 3.05) is 25.0 Å². The number of nitrogens with zero attached hydrogens (tertiary/aromatic N) is 2. The highest BCUT2D eigenvalue weighted by Crippen LogP contribution is 2.15. The molecule has 0 saturated carbocycles. The molecule has 106 valence electrons. The monoisotopic (exact) mass is 272 g/mol. The van der Waals surface area contributed by atoms with Crippen LogP contribution in [0.1, 0.15) is 25.3 Å². The molecule has 0 aromatic heterocycles. The Morgan fingerprint density at radius 1 is 1.50 bits per heavy atom. The third-order valence-electron chi connectivity index (χ3n) is 3.59. The molecule has 0 aliphatic carbocycles. The van der Waals surface area contributed by atoms with Crippen LogP contribution in [-0.2, 0) is 0 Å². The molecule has 1 saturated heterocycles.